The summed E-state index contributed by atoms with van der Waals surface area (Å²) in [6.07, 6.45) is -1.03. The van der Waals surface area contributed by atoms with Crippen LogP contribution in [0.1, 0.15) is 37.3 Å². The van der Waals surface area contributed by atoms with Crippen LogP contribution < -0.4 is 4.90 Å². The second-order valence-corrected chi connectivity index (χ2v) is 4.75. The van der Waals surface area contributed by atoms with Gasteiger partial charge in [-0.2, -0.15) is 0 Å². The summed E-state index contributed by atoms with van der Waals surface area (Å²) in [5, 5.41) is 9.53. The summed E-state index contributed by atoms with van der Waals surface area (Å²) < 4.78 is 26.1. The van der Waals surface area contributed by atoms with Crippen molar-refractivity contribution in [3.63, 3.8) is 0 Å². The highest BCUT2D eigenvalue weighted by Gasteiger charge is 2.34. The van der Waals surface area contributed by atoms with Crippen LogP contribution in [0.15, 0.2) is 6.07 Å². The van der Waals surface area contributed by atoms with Crippen LogP contribution >= 0.6 is 0 Å². The summed E-state index contributed by atoms with van der Waals surface area (Å²) in [6.45, 7) is 3.91. The van der Waals surface area contributed by atoms with Gasteiger partial charge in [-0.1, -0.05) is 0 Å². The number of rotatable bonds is 2. The molecule has 0 aromatic carbocycles. The van der Waals surface area contributed by atoms with E-state index in [4.69, 9.17) is 0 Å². The minimum atomic E-state index is -2.58. The highest BCUT2D eigenvalue weighted by molar-refractivity contribution is 5.33. The minimum absolute atomic E-state index is 0.172. The molecule has 2 rings (SSSR count). The summed E-state index contributed by atoms with van der Waals surface area (Å²) in [7, 11) is 0. The van der Waals surface area contributed by atoms with E-state index in [9.17, 15) is 13.9 Å². The van der Waals surface area contributed by atoms with Crippen molar-refractivity contribution in [1.82, 2.24) is 9.97 Å². The lowest BCUT2D eigenvalue weighted by atomic mass is 10.1. The predicted octanol–water partition coefficient (Wildman–Crippen LogP) is 2.07. The van der Waals surface area contributed by atoms with Gasteiger partial charge in [0.1, 0.15) is 0 Å². The molecule has 0 aliphatic carbocycles. The number of nitrogens with zero attached hydrogens (tertiary/aromatic N) is 3. The van der Waals surface area contributed by atoms with Gasteiger partial charge in [-0.15, -0.1) is 0 Å². The normalized spacial score (nSPS) is 20.8. The second-order valence-electron chi connectivity index (χ2n) is 4.75. The number of aliphatic hydroxyl groups excluding tert-OH is 1. The molecule has 1 atom stereocenters. The van der Waals surface area contributed by atoms with Crippen LogP contribution in [0.2, 0.25) is 0 Å². The van der Waals surface area contributed by atoms with Gasteiger partial charge < -0.3 is 10.0 Å². The first kappa shape index (κ1) is 13.1. The summed E-state index contributed by atoms with van der Waals surface area (Å²) in [4.78, 5) is 10.2. The molecule has 1 saturated heterocycles. The molecule has 1 aliphatic heterocycles. The van der Waals surface area contributed by atoms with Crippen molar-refractivity contribution < 1.29 is 13.9 Å². The van der Waals surface area contributed by atoms with E-state index in [-0.39, 0.29) is 25.9 Å². The maximum Gasteiger partial charge on any atom is 0.251 e. The molecular formula is C12H17F2N3O. The topological polar surface area (TPSA) is 49.3 Å². The molecule has 2 heterocycles. The standard InChI is InChI=1S/C12H17F2N3O/c1-8-7-10(9(2)18)16-11(15-8)17-5-3-12(13,14)4-6-17/h7,9,18H,3-6H2,1-2H3. The number of hydrogen-bond donors (Lipinski definition) is 1. The van der Waals surface area contributed by atoms with E-state index in [1.54, 1.807) is 24.8 Å². The maximum atomic E-state index is 13.1. The van der Waals surface area contributed by atoms with Crippen LogP contribution in [0.5, 0.6) is 0 Å². The van der Waals surface area contributed by atoms with Crippen LogP contribution in [0.3, 0.4) is 0 Å². The third kappa shape index (κ3) is 2.93. The van der Waals surface area contributed by atoms with Crippen LogP contribution in [0.4, 0.5) is 14.7 Å². The monoisotopic (exact) mass is 257 g/mol. The summed E-state index contributed by atoms with van der Waals surface area (Å²) in [6, 6.07) is 1.70. The summed E-state index contributed by atoms with van der Waals surface area (Å²) >= 11 is 0. The molecule has 0 spiro atoms. The Bertz CT molecular complexity index is 427. The molecule has 1 aromatic heterocycles. The quantitative estimate of drug-likeness (QED) is 0.881. The molecule has 0 radical (unpaired) electrons. The van der Waals surface area contributed by atoms with Gasteiger partial charge in [0.2, 0.25) is 5.95 Å². The van der Waals surface area contributed by atoms with Crippen molar-refractivity contribution >= 4 is 5.95 Å². The predicted molar refractivity (Wildman–Crippen MR) is 63.8 cm³/mol. The van der Waals surface area contributed by atoms with Crippen LogP contribution in [-0.2, 0) is 0 Å². The molecule has 4 nitrogen and oxygen atoms in total. The van der Waals surface area contributed by atoms with Crippen molar-refractivity contribution in [3.05, 3.63) is 17.5 Å². The number of aliphatic hydroxyl groups is 1. The van der Waals surface area contributed by atoms with Gasteiger partial charge in [-0.05, 0) is 19.9 Å². The fraction of sp³-hybridized carbons (Fsp3) is 0.667. The molecule has 0 saturated carbocycles. The molecular weight excluding hydrogens is 240 g/mol. The first-order chi connectivity index (χ1) is 8.37. The van der Waals surface area contributed by atoms with E-state index < -0.39 is 12.0 Å². The fourth-order valence-corrected chi connectivity index (χ4v) is 1.97. The van der Waals surface area contributed by atoms with E-state index in [0.717, 1.165) is 5.69 Å². The second kappa shape index (κ2) is 4.76. The number of aromatic nitrogens is 2. The summed E-state index contributed by atoms with van der Waals surface area (Å²) in [5.74, 6) is -2.14. The number of piperidine rings is 1. The lowest BCUT2D eigenvalue weighted by molar-refractivity contribution is -0.0222. The lowest BCUT2D eigenvalue weighted by Gasteiger charge is -2.32. The smallest absolute Gasteiger partial charge is 0.251 e. The third-order valence-corrected chi connectivity index (χ3v) is 3.07. The van der Waals surface area contributed by atoms with E-state index in [1.165, 1.54) is 0 Å². The van der Waals surface area contributed by atoms with Gasteiger partial charge in [0.05, 0.1) is 11.8 Å². The number of hydrogen-bond acceptors (Lipinski definition) is 4. The average Bonchev–Trinajstić information content (AvgIpc) is 2.28. The molecule has 18 heavy (non-hydrogen) atoms. The first-order valence-electron chi connectivity index (χ1n) is 6.04. The number of aryl methyl sites for hydroxylation is 1. The summed E-state index contributed by atoms with van der Waals surface area (Å²) in [5.41, 5.74) is 1.25. The van der Waals surface area contributed by atoms with Crippen LogP contribution in [0, 0.1) is 6.92 Å². The van der Waals surface area contributed by atoms with Crippen molar-refractivity contribution in [2.24, 2.45) is 0 Å². The molecule has 0 amide bonds. The first-order valence-corrected chi connectivity index (χ1v) is 6.04. The molecule has 0 bridgehead atoms. The van der Waals surface area contributed by atoms with Crippen molar-refractivity contribution in [3.8, 4) is 0 Å². The van der Waals surface area contributed by atoms with Crippen LogP contribution in [0.25, 0.3) is 0 Å². The molecule has 6 heteroatoms. The zero-order valence-electron chi connectivity index (χ0n) is 10.5. The Hall–Kier alpha value is -1.30. The van der Waals surface area contributed by atoms with E-state index in [0.29, 0.717) is 11.6 Å². The van der Waals surface area contributed by atoms with Gasteiger partial charge in [-0.3, -0.25) is 0 Å². The Kier molecular flexibility index (Phi) is 3.47. The molecule has 1 unspecified atom stereocenters. The molecule has 1 aliphatic rings. The SMILES string of the molecule is Cc1cc(C(C)O)nc(N2CCC(F)(F)CC2)n1. The van der Waals surface area contributed by atoms with Gasteiger partial charge >= 0.3 is 0 Å². The molecule has 100 valence electrons. The minimum Gasteiger partial charge on any atom is -0.387 e. The van der Waals surface area contributed by atoms with Crippen molar-refractivity contribution in [2.45, 2.75) is 38.7 Å². The Morgan fingerprint density at radius 2 is 1.94 bits per heavy atom. The fourth-order valence-electron chi connectivity index (χ4n) is 1.97. The third-order valence-electron chi connectivity index (χ3n) is 3.07. The number of halogens is 2. The van der Waals surface area contributed by atoms with E-state index >= 15 is 0 Å². The highest BCUT2D eigenvalue weighted by Crippen LogP contribution is 2.29. The number of alkyl halides is 2. The van der Waals surface area contributed by atoms with E-state index in [2.05, 4.69) is 9.97 Å². The Labute approximate surface area is 105 Å². The Morgan fingerprint density at radius 1 is 1.33 bits per heavy atom. The maximum absolute atomic E-state index is 13.1. The zero-order chi connectivity index (χ0) is 13.3. The van der Waals surface area contributed by atoms with Gasteiger partial charge in [0.15, 0.2) is 0 Å². The number of anilines is 1. The van der Waals surface area contributed by atoms with E-state index in [1.807, 2.05) is 0 Å². The zero-order valence-corrected chi connectivity index (χ0v) is 10.5. The van der Waals surface area contributed by atoms with Crippen molar-refractivity contribution in [1.29, 1.82) is 0 Å². The lowest BCUT2D eigenvalue weighted by Crippen LogP contribution is -2.40. The van der Waals surface area contributed by atoms with Crippen molar-refractivity contribution in [2.75, 3.05) is 18.0 Å². The molecule has 1 fully saturated rings. The average molecular weight is 257 g/mol. The van der Waals surface area contributed by atoms with Gasteiger partial charge in [0, 0.05) is 31.6 Å². The van der Waals surface area contributed by atoms with Gasteiger partial charge in [-0.25, -0.2) is 18.7 Å². The Morgan fingerprint density at radius 3 is 2.50 bits per heavy atom. The largest absolute Gasteiger partial charge is 0.387 e. The highest BCUT2D eigenvalue weighted by atomic mass is 19.3. The molecule has 1 N–H and O–H groups in total. The van der Waals surface area contributed by atoms with Crippen LogP contribution in [-0.4, -0.2) is 34.1 Å². The molecule has 1 aromatic rings. The van der Waals surface area contributed by atoms with Gasteiger partial charge in [0.25, 0.3) is 5.92 Å². The Balaban J connectivity index is 2.19.